The van der Waals surface area contributed by atoms with Gasteiger partial charge in [-0.15, -0.1) is 0 Å². The van der Waals surface area contributed by atoms with E-state index in [1.165, 1.54) is 18.8 Å². The normalized spacial score (nSPS) is 16.5. The van der Waals surface area contributed by atoms with E-state index in [9.17, 15) is 9.59 Å². The van der Waals surface area contributed by atoms with E-state index < -0.39 is 6.03 Å². The first kappa shape index (κ1) is 14.2. The second-order valence-electron chi connectivity index (χ2n) is 3.79. The highest BCUT2D eigenvalue weighted by Crippen LogP contribution is 2.20. The molecule has 3 amide bonds. The molecule has 0 aromatic heterocycles. The molecule has 1 aliphatic heterocycles. The maximum absolute atomic E-state index is 11.6. The van der Waals surface area contributed by atoms with Gasteiger partial charge >= 0.3 is 6.03 Å². The first-order chi connectivity index (χ1) is 8.04. The van der Waals surface area contributed by atoms with Crippen LogP contribution in [0, 0.1) is 0 Å². The third-order valence-corrected chi connectivity index (χ3v) is 4.05. The zero-order valence-corrected chi connectivity index (χ0v) is 11.6. The molecule has 0 aliphatic carbocycles. The molecule has 1 aliphatic rings. The third-order valence-electron chi connectivity index (χ3n) is 2.47. The number of carbonyl (C=O) groups excluding carboxylic acids is 2. The van der Waals surface area contributed by atoms with Crippen molar-refractivity contribution in [3.05, 3.63) is 0 Å². The van der Waals surface area contributed by atoms with Gasteiger partial charge in [-0.25, -0.2) is 4.79 Å². The van der Waals surface area contributed by atoms with Gasteiger partial charge in [0.15, 0.2) is 0 Å². The molecule has 5 nitrogen and oxygen atoms in total. The fourth-order valence-electron chi connectivity index (χ4n) is 1.46. The molecule has 0 bridgehead atoms. The number of rotatable bonds is 2. The predicted octanol–water partition coefficient (Wildman–Crippen LogP) is 0.944. The second-order valence-corrected chi connectivity index (χ2v) is 5.76. The summed E-state index contributed by atoms with van der Waals surface area (Å²) in [5.74, 6) is -0.323. The minimum Gasteiger partial charge on any atom is -0.358 e. The molecule has 0 aromatic rings. The molecule has 1 saturated heterocycles. The van der Waals surface area contributed by atoms with Gasteiger partial charge in [-0.05, 0) is 19.8 Å². The number of imide groups is 1. The van der Waals surface area contributed by atoms with Crippen LogP contribution in [0.4, 0.5) is 4.79 Å². The summed E-state index contributed by atoms with van der Waals surface area (Å²) in [6, 6.07) is -0.491. The van der Waals surface area contributed by atoms with Crippen molar-refractivity contribution in [3.63, 3.8) is 0 Å². The molecular weight excluding hydrogens is 258 g/mol. The Hall–Kier alpha value is -0.820. The maximum Gasteiger partial charge on any atom is 0.321 e. The molecule has 2 N–H and O–H groups in total. The topological polar surface area (TPSA) is 61.4 Å². The lowest BCUT2D eigenvalue weighted by atomic mass is 10.4. The number of nitrogens with zero attached hydrogens (tertiary/aromatic N) is 1. The fourth-order valence-corrected chi connectivity index (χ4v) is 2.87. The SMILES string of the molecule is CNC(=O)NC(=O)[C@H](C)SC(=S)N1CCCC1. The van der Waals surface area contributed by atoms with Crippen molar-refractivity contribution >= 4 is 40.2 Å². The summed E-state index contributed by atoms with van der Waals surface area (Å²) in [5.41, 5.74) is 0. The Kier molecular flexibility index (Phi) is 5.70. The van der Waals surface area contributed by atoms with Crippen LogP contribution in [0.25, 0.3) is 0 Å². The monoisotopic (exact) mass is 275 g/mol. The van der Waals surface area contributed by atoms with Crippen molar-refractivity contribution < 1.29 is 9.59 Å². The largest absolute Gasteiger partial charge is 0.358 e. The zero-order valence-electron chi connectivity index (χ0n) is 9.99. The van der Waals surface area contributed by atoms with Crippen molar-refractivity contribution in [1.29, 1.82) is 0 Å². The standard InChI is InChI=1S/C10H17N3O2S2/c1-7(8(14)12-9(15)11-2)17-10(16)13-5-3-4-6-13/h7H,3-6H2,1-2H3,(H2,11,12,14,15)/t7-/m0/s1. The van der Waals surface area contributed by atoms with E-state index in [4.69, 9.17) is 12.2 Å². The van der Waals surface area contributed by atoms with Gasteiger partial charge in [-0.2, -0.15) is 0 Å². The average molecular weight is 275 g/mol. The summed E-state index contributed by atoms with van der Waals surface area (Å²) in [5, 5.41) is 4.21. The van der Waals surface area contributed by atoms with Gasteiger partial charge in [0, 0.05) is 20.1 Å². The number of nitrogens with one attached hydrogen (secondary N) is 2. The highest BCUT2D eigenvalue weighted by Gasteiger charge is 2.22. The average Bonchev–Trinajstić information content (AvgIpc) is 2.82. The van der Waals surface area contributed by atoms with E-state index >= 15 is 0 Å². The van der Waals surface area contributed by atoms with E-state index in [2.05, 4.69) is 15.5 Å². The Labute approximate surface area is 111 Å². The van der Waals surface area contributed by atoms with Crippen LogP contribution in [0.2, 0.25) is 0 Å². The van der Waals surface area contributed by atoms with E-state index in [-0.39, 0.29) is 11.2 Å². The maximum atomic E-state index is 11.6. The summed E-state index contributed by atoms with van der Waals surface area (Å²) in [7, 11) is 1.47. The van der Waals surface area contributed by atoms with Crippen LogP contribution in [0.3, 0.4) is 0 Å². The van der Waals surface area contributed by atoms with Gasteiger partial charge in [0.25, 0.3) is 0 Å². The molecule has 1 fully saturated rings. The predicted molar refractivity (Wildman–Crippen MR) is 73.1 cm³/mol. The van der Waals surface area contributed by atoms with Crippen LogP contribution in [-0.4, -0.2) is 46.5 Å². The van der Waals surface area contributed by atoms with Crippen molar-refractivity contribution in [3.8, 4) is 0 Å². The molecule has 0 spiro atoms. The molecular formula is C10H17N3O2S2. The lowest BCUT2D eigenvalue weighted by Crippen LogP contribution is -2.42. The number of thiocarbonyl (C=S) groups is 1. The van der Waals surface area contributed by atoms with Gasteiger partial charge in [0.2, 0.25) is 5.91 Å². The van der Waals surface area contributed by atoms with E-state index in [1.807, 2.05) is 0 Å². The Balaban J connectivity index is 2.36. The minimum absolute atomic E-state index is 0.323. The Morgan fingerprint density at radius 3 is 2.47 bits per heavy atom. The quantitative estimate of drug-likeness (QED) is 0.735. The summed E-state index contributed by atoms with van der Waals surface area (Å²) < 4.78 is 0.738. The molecule has 17 heavy (non-hydrogen) atoms. The smallest absolute Gasteiger partial charge is 0.321 e. The number of thioether (sulfide) groups is 1. The van der Waals surface area contributed by atoms with E-state index in [0.29, 0.717) is 0 Å². The lowest BCUT2D eigenvalue weighted by molar-refractivity contribution is -0.119. The van der Waals surface area contributed by atoms with Gasteiger partial charge in [0.1, 0.15) is 4.32 Å². The number of likely N-dealkylation sites (tertiary alicyclic amines) is 1. The molecule has 7 heteroatoms. The van der Waals surface area contributed by atoms with E-state index in [0.717, 1.165) is 30.3 Å². The summed E-state index contributed by atoms with van der Waals surface area (Å²) in [4.78, 5) is 24.7. The van der Waals surface area contributed by atoms with Crippen molar-refractivity contribution in [1.82, 2.24) is 15.5 Å². The minimum atomic E-state index is -0.491. The van der Waals surface area contributed by atoms with E-state index in [1.54, 1.807) is 6.92 Å². The second kappa shape index (κ2) is 6.80. The highest BCUT2D eigenvalue weighted by molar-refractivity contribution is 8.23. The van der Waals surface area contributed by atoms with Gasteiger partial charge < -0.3 is 10.2 Å². The number of hydrogen-bond acceptors (Lipinski definition) is 4. The van der Waals surface area contributed by atoms with Crippen LogP contribution in [0.5, 0.6) is 0 Å². The van der Waals surface area contributed by atoms with Gasteiger partial charge in [-0.1, -0.05) is 24.0 Å². The Morgan fingerprint density at radius 1 is 1.35 bits per heavy atom. The first-order valence-corrected chi connectivity index (χ1v) is 6.81. The molecule has 0 unspecified atom stereocenters. The van der Waals surface area contributed by atoms with Crippen molar-refractivity contribution in [2.45, 2.75) is 25.0 Å². The van der Waals surface area contributed by atoms with Crippen LogP contribution in [0.15, 0.2) is 0 Å². The number of urea groups is 1. The Morgan fingerprint density at radius 2 is 1.94 bits per heavy atom. The van der Waals surface area contributed by atoms with Crippen LogP contribution >= 0.6 is 24.0 Å². The van der Waals surface area contributed by atoms with Crippen LogP contribution in [-0.2, 0) is 4.79 Å². The number of amides is 3. The molecule has 0 saturated carbocycles. The molecule has 0 radical (unpaired) electrons. The Bertz CT molecular complexity index is 317. The zero-order chi connectivity index (χ0) is 12.8. The van der Waals surface area contributed by atoms with Crippen molar-refractivity contribution in [2.75, 3.05) is 20.1 Å². The third kappa shape index (κ3) is 4.51. The summed E-state index contributed by atoms with van der Waals surface area (Å²) in [6.45, 7) is 3.68. The summed E-state index contributed by atoms with van der Waals surface area (Å²) >= 11 is 6.58. The molecule has 1 rings (SSSR count). The van der Waals surface area contributed by atoms with Crippen molar-refractivity contribution in [2.24, 2.45) is 0 Å². The molecule has 1 heterocycles. The van der Waals surface area contributed by atoms with Crippen LogP contribution < -0.4 is 10.6 Å². The summed E-state index contributed by atoms with van der Waals surface area (Å²) in [6.07, 6.45) is 2.30. The lowest BCUT2D eigenvalue weighted by Gasteiger charge is -2.20. The number of carbonyl (C=O) groups is 2. The molecule has 0 aromatic carbocycles. The highest BCUT2D eigenvalue weighted by atomic mass is 32.2. The first-order valence-electron chi connectivity index (χ1n) is 5.52. The van der Waals surface area contributed by atoms with Gasteiger partial charge in [-0.3, -0.25) is 10.1 Å². The molecule has 1 atom stereocenters. The van der Waals surface area contributed by atoms with Gasteiger partial charge in [0.05, 0.1) is 5.25 Å². The molecule has 96 valence electrons. The number of hydrogen-bond donors (Lipinski definition) is 2. The van der Waals surface area contributed by atoms with Crippen LogP contribution in [0.1, 0.15) is 19.8 Å². The fraction of sp³-hybridized carbons (Fsp3) is 0.700.